The molecule has 0 atom stereocenters. The van der Waals surface area contributed by atoms with E-state index < -0.39 is 0 Å². The number of aryl methyl sites for hydroxylation is 1. The fourth-order valence-corrected chi connectivity index (χ4v) is 2.56. The molecule has 0 aliphatic heterocycles. The normalized spacial score (nSPS) is 9.67. The molecule has 108 valence electrons. The Kier molecular flexibility index (Phi) is 4.99. The second kappa shape index (κ2) is 6.93. The van der Waals surface area contributed by atoms with Crippen LogP contribution in [-0.2, 0) is 0 Å². The zero-order chi connectivity index (χ0) is 15.2. The van der Waals surface area contributed by atoms with Gasteiger partial charge in [-0.3, -0.25) is 4.79 Å². The average Bonchev–Trinajstić information content (AvgIpc) is 2.96. The Morgan fingerprint density at radius 3 is 2.95 bits per heavy atom. The third kappa shape index (κ3) is 3.63. The minimum absolute atomic E-state index is 0.222. The van der Waals surface area contributed by atoms with Crippen molar-refractivity contribution in [1.29, 1.82) is 0 Å². The molecule has 1 amide bonds. The van der Waals surface area contributed by atoms with E-state index in [-0.39, 0.29) is 12.5 Å². The number of carbonyl (C=O) groups is 1. The molecule has 0 radical (unpaired) electrons. The molecule has 0 saturated heterocycles. The molecule has 2 aromatic rings. The molecule has 0 spiro atoms. The minimum Gasteiger partial charge on any atom is -0.495 e. The van der Waals surface area contributed by atoms with Crippen LogP contribution in [0.5, 0.6) is 5.75 Å². The van der Waals surface area contributed by atoms with Gasteiger partial charge in [0, 0.05) is 5.56 Å². The number of anilines is 1. The molecule has 2 rings (SSSR count). The van der Waals surface area contributed by atoms with E-state index in [4.69, 9.17) is 9.84 Å². The fourth-order valence-electron chi connectivity index (χ4n) is 1.81. The number of ether oxygens (including phenoxy) is 1. The third-order valence-electron chi connectivity index (χ3n) is 2.78. The van der Waals surface area contributed by atoms with Gasteiger partial charge in [0.15, 0.2) is 0 Å². The fraction of sp³-hybridized carbons (Fsp3) is 0.188. The van der Waals surface area contributed by atoms with Crippen molar-refractivity contribution in [3.05, 3.63) is 45.6 Å². The van der Waals surface area contributed by atoms with Gasteiger partial charge in [0.1, 0.15) is 17.2 Å². The Morgan fingerprint density at radius 1 is 1.43 bits per heavy atom. The van der Waals surface area contributed by atoms with E-state index in [2.05, 4.69) is 17.2 Å². The van der Waals surface area contributed by atoms with E-state index in [0.717, 1.165) is 5.56 Å². The van der Waals surface area contributed by atoms with E-state index in [1.54, 1.807) is 17.5 Å². The highest BCUT2D eigenvalue weighted by molar-refractivity contribution is 7.12. The first kappa shape index (κ1) is 15.1. The minimum atomic E-state index is -0.238. The van der Waals surface area contributed by atoms with E-state index >= 15 is 0 Å². The molecule has 0 saturated carbocycles. The highest BCUT2D eigenvalue weighted by atomic mass is 32.1. The molecule has 2 N–H and O–H groups in total. The molecule has 0 fully saturated rings. The monoisotopic (exact) mass is 301 g/mol. The van der Waals surface area contributed by atoms with Crippen molar-refractivity contribution in [1.82, 2.24) is 0 Å². The highest BCUT2D eigenvalue weighted by Crippen LogP contribution is 2.26. The van der Waals surface area contributed by atoms with Crippen LogP contribution in [0.15, 0.2) is 29.6 Å². The first-order chi connectivity index (χ1) is 10.2. The summed E-state index contributed by atoms with van der Waals surface area (Å²) in [7, 11) is 1.53. The Bertz CT molecular complexity index is 710. The van der Waals surface area contributed by atoms with Crippen LogP contribution in [0.4, 0.5) is 5.69 Å². The summed E-state index contributed by atoms with van der Waals surface area (Å²) in [6.45, 7) is 1.72. The summed E-state index contributed by atoms with van der Waals surface area (Å²) < 4.78 is 5.15. The molecule has 0 unspecified atom stereocenters. The van der Waals surface area contributed by atoms with Crippen LogP contribution in [0.3, 0.4) is 0 Å². The van der Waals surface area contributed by atoms with Crippen LogP contribution in [0.25, 0.3) is 0 Å². The average molecular weight is 301 g/mol. The van der Waals surface area contributed by atoms with Gasteiger partial charge >= 0.3 is 0 Å². The van der Waals surface area contributed by atoms with Gasteiger partial charge in [0.25, 0.3) is 5.91 Å². The number of carbonyl (C=O) groups excluding carboxylic acids is 1. The number of benzene rings is 1. The quantitative estimate of drug-likeness (QED) is 0.857. The maximum absolute atomic E-state index is 12.3. The van der Waals surface area contributed by atoms with Gasteiger partial charge in [-0.05, 0) is 36.1 Å². The SMILES string of the molecule is COc1ccsc1C(=O)Nc1ccc(C)cc1C#CCO. The van der Waals surface area contributed by atoms with Gasteiger partial charge in [-0.15, -0.1) is 11.3 Å². The third-order valence-corrected chi connectivity index (χ3v) is 3.68. The first-order valence-electron chi connectivity index (χ1n) is 6.29. The molecule has 0 aliphatic carbocycles. The van der Waals surface area contributed by atoms with Crippen LogP contribution in [-0.4, -0.2) is 24.7 Å². The number of methoxy groups -OCH3 is 1. The summed E-state index contributed by atoms with van der Waals surface area (Å²) in [5, 5.41) is 13.4. The summed E-state index contributed by atoms with van der Waals surface area (Å²) >= 11 is 1.32. The number of nitrogens with one attached hydrogen (secondary N) is 1. The van der Waals surface area contributed by atoms with Crippen molar-refractivity contribution >= 4 is 22.9 Å². The number of aliphatic hydroxyl groups excluding tert-OH is 1. The second-order valence-electron chi connectivity index (χ2n) is 4.28. The number of thiophene rings is 1. The lowest BCUT2D eigenvalue weighted by Crippen LogP contribution is -2.12. The molecule has 21 heavy (non-hydrogen) atoms. The Hall–Kier alpha value is -2.29. The second-order valence-corrected chi connectivity index (χ2v) is 5.20. The van der Waals surface area contributed by atoms with E-state index in [0.29, 0.717) is 21.9 Å². The smallest absolute Gasteiger partial charge is 0.269 e. The summed E-state index contributed by atoms with van der Waals surface area (Å²) in [6, 6.07) is 7.31. The van der Waals surface area contributed by atoms with Gasteiger partial charge in [0.05, 0.1) is 12.8 Å². The zero-order valence-corrected chi connectivity index (χ0v) is 12.6. The zero-order valence-electron chi connectivity index (χ0n) is 11.8. The maximum atomic E-state index is 12.3. The molecule has 1 aromatic carbocycles. The largest absolute Gasteiger partial charge is 0.495 e. The lowest BCUT2D eigenvalue weighted by molar-refractivity contribution is 0.102. The standard InChI is InChI=1S/C16H15NO3S/c1-11-5-6-13(12(10-11)4-3-8-18)17-16(19)15-14(20-2)7-9-21-15/h5-7,9-10,18H,8H2,1-2H3,(H,17,19). The van der Waals surface area contributed by atoms with Crippen molar-refractivity contribution in [3.8, 4) is 17.6 Å². The van der Waals surface area contributed by atoms with E-state index in [1.165, 1.54) is 18.4 Å². The lowest BCUT2D eigenvalue weighted by Gasteiger charge is -2.08. The van der Waals surface area contributed by atoms with Crippen molar-refractivity contribution in [3.63, 3.8) is 0 Å². The lowest BCUT2D eigenvalue weighted by atomic mass is 10.1. The number of rotatable bonds is 3. The molecular formula is C16H15NO3S. The number of hydrogen-bond acceptors (Lipinski definition) is 4. The van der Waals surface area contributed by atoms with E-state index in [1.807, 2.05) is 19.1 Å². The van der Waals surface area contributed by atoms with Crippen LogP contribution in [0.1, 0.15) is 20.8 Å². The molecular weight excluding hydrogens is 286 g/mol. The van der Waals surface area contributed by atoms with Gasteiger partial charge in [-0.25, -0.2) is 0 Å². The van der Waals surface area contributed by atoms with Crippen LogP contribution < -0.4 is 10.1 Å². The van der Waals surface area contributed by atoms with E-state index in [9.17, 15) is 4.79 Å². The molecule has 1 heterocycles. The number of aliphatic hydroxyl groups is 1. The Morgan fingerprint density at radius 2 is 2.24 bits per heavy atom. The van der Waals surface area contributed by atoms with Crippen LogP contribution >= 0.6 is 11.3 Å². The van der Waals surface area contributed by atoms with Gasteiger partial charge in [-0.2, -0.15) is 0 Å². The number of amides is 1. The van der Waals surface area contributed by atoms with Gasteiger partial charge in [-0.1, -0.05) is 17.9 Å². The highest BCUT2D eigenvalue weighted by Gasteiger charge is 2.15. The van der Waals surface area contributed by atoms with Crippen molar-refractivity contribution in [2.45, 2.75) is 6.92 Å². The molecule has 5 heteroatoms. The predicted octanol–water partition coefficient (Wildman–Crippen LogP) is 2.66. The molecule has 1 aromatic heterocycles. The topological polar surface area (TPSA) is 58.6 Å². The van der Waals surface area contributed by atoms with Gasteiger partial charge < -0.3 is 15.2 Å². The van der Waals surface area contributed by atoms with Crippen molar-refractivity contribution < 1.29 is 14.6 Å². The summed E-state index contributed by atoms with van der Waals surface area (Å²) in [4.78, 5) is 12.8. The summed E-state index contributed by atoms with van der Waals surface area (Å²) in [6.07, 6.45) is 0. The van der Waals surface area contributed by atoms with Crippen molar-refractivity contribution in [2.24, 2.45) is 0 Å². The summed E-state index contributed by atoms with van der Waals surface area (Å²) in [5.41, 5.74) is 2.32. The Labute approximate surface area is 127 Å². The van der Waals surface area contributed by atoms with Gasteiger partial charge in [0.2, 0.25) is 0 Å². The first-order valence-corrected chi connectivity index (χ1v) is 7.17. The number of hydrogen-bond donors (Lipinski definition) is 2. The molecule has 0 bridgehead atoms. The van der Waals surface area contributed by atoms with Crippen molar-refractivity contribution in [2.75, 3.05) is 19.0 Å². The molecule has 4 nitrogen and oxygen atoms in total. The summed E-state index contributed by atoms with van der Waals surface area (Å²) in [5.74, 6) is 5.75. The van der Waals surface area contributed by atoms with Crippen LogP contribution in [0.2, 0.25) is 0 Å². The predicted molar refractivity (Wildman–Crippen MR) is 84.0 cm³/mol. The maximum Gasteiger partial charge on any atom is 0.269 e. The Balaban J connectivity index is 2.29. The molecule has 0 aliphatic rings. The van der Waals surface area contributed by atoms with Crippen LogP contribution in [0, 0.1) is 18.8 Å².